The van der Waals surface area contributed by atoms with Gasteiger partial charge in [0, 0.05) is 12.1 Å². The molecule has 8 nitrogen and oxygen atoms in total. The number of furan rings is 1. The molecule has 0 saturated heterocycles. The zero-order valence-electron chi connectivity index (χ0n) is 11.3. The Morgan fingerprint density at radius 1 is 1.30 bits per heavy atom. The molecule has 0 aliphatic rings. The maximum Gasteiger partial charge on any atom is 0.371 e. The highest BCUT2D eigenvalue weighted by Gasteiger charge is 2.24. The summed E-state index contributed by atoms with van der Waals surface area (Å²) in [6.07, 6.45) is 1.02. The van der Waals surface area contributed by atoms with E-state index in [4.69, 9.17) is 9.52 Å². The van der Waals surface area contributed by atoms with Crippen LogP contribution >= 0.6 is 0 Å². The highest BCUT2D eigenvalue weighted by molar-refractivity contribution is 7.88. The van der Waals surface area contributed by atoms with E-state index < -0.39 is 27.4 Å². The Morgan fingerprint density at radius 2 is 1.85 bits per heavy atom. The summed E-state index contributed by atoms with van der Waals surface area (Å²) >= 11 is 0. The zero-order chi connectivity index (χ0) is 15.6. The molecule has 1 aromatic heterocycles. The molecule has 9 heteroatoms. The summed E-state index contributed by atoms with van der Waals surface area (Å²) in [6.45, 7) is 3.21. The fourth-order valence-corrected chi connectivity index (χ4v) is 2.58. The predicted octanol–water partition coefficient (Wildman–Crippen LogP) is 0.0354. The van der Waals surface area contributed by atoms with Gasteiger partial charge in [0.05, 0.1) is 6.26 Å². The molecule has 1 amide bonds. The Morgan fingerprint density at radius 3 is 2.30 bits per heavy atom. The van der Waals surface area contributed by atoms with E-state index in [9.17, 15) is 18.0 Å². The molecule has 1 rings (SSSR count). The van der Waals surface area contributed by atoms with E-state index in [-0.39, 0.29) is 18.1 Å². The van der Waals surface area contributed by atoms with Crippen LogP contribution in [-0.4, -0.2) is 43.7 Å². The van der Waals surface area contributed by atoms with Crippen molar-refractivity contribution in [2.75, 3.05) is 12.8 Å². The molecule has 0 unspecified atom stereocenters. The Bertz CT molecular complexity index is 617. The summed E-state index contributed by atoms with van der Waals surface area (Å²) in [5.74, 6) is -2.40. The smallest absolute Gasteiger partial charge is 0.371 e. The summed E-state index contributed by atoms with van der Waals surface area (Å²) in [4.78, 5) is 22.3. The number of carboxylic acids is 1. The van der Waals surface area contributed by atoms with Crippen molar-refractivity contribution < 1.29 is 27.5 Å². The molecular weight excluding hydrogens is 288 g/mol. The van der Waals surface area contributed by atoms with E-state index in [2.05, 4.69) is 10.0 Å². The predicted molar refractivity (Wildman–Crippen MR) is 70.1 cm³/mol. The highest BCUT2D eigenvalue weighted by atomic mass is 32.2. The van der Waals surface area contributed by atoms with E-state index in [0.717, 1.165) is 12.3 Å². The van der Waals surface area contributed by atoms with Crippen LogP contribution in [0.3, 0.4) is 0 Å². The average molecular weight is 304 g/mol. The van der Waals surface area contributed by atoms with Gasteiger partial charge in [0.2, 0.25) is 15.8 Å². The summed E-state index contributed by atoms with van der Waals surface area (Å²) < 4.78 is 29.4. The van der Waals surface area contributed by atoms with Crippen LogP contribution < -0.4 is 10.0 Å². The van der Waals surface area contributed by atoms with Crippen LogP contribution in [0.15, 0.2) is 16.5 Å². The molecule has 1 aromatic rings. The maximum absolute atomic E-state index is 11.7. The molecule has 0 aromatic carbocycles. The van der Waals surface area contributed by atoms with Gasteiger partial charge in [-0.15, -0.1) is 0 Å². The summed E-state index contributed by atoms with van der Waals surface area (Å²) in [7, 11) is -3.40. The minimum atomic E-state index is -3.40. The first-order chi connectivity index (χ1) is 9.00. The minimum absolute atomic E-state index is 0.0159. The third-order valence-corrected chi connectivity index (χ3v) is 3.12. The molecular formula is C11H16N2O6S. The topological polar surface area (TPSA) is 126 Å². The molecule has 0 bridgehead atoms. The fraction of sp³-hybridized carbons (Fsp3) is 0.455. The molecule has 0 saturated carbocycles. The minimum Gasteiger partial charge on any atom is -0.475 e. The number of carboxylic acid groups (broad SMARTS) is 1. The van der Waals surface area contributed by atoms with Crippen LogP contribution in [0, 0.1) is 0 Å². The first kappa shape index (κ1) is 16.2. The normalized spacial score (nSPS) is 12.2. The molecule has 0 radical (unpaired) electrons. The molecule has 20 heavy (non-hydrogen) atoms. The van der Waals surface area contributed by atoms with Gasteiger partial charge in [0.1, 0.15) is 0 Å². The molecule has 0 atom stereocenters. The second-order valence-electron chi connectivity index (χ2n) is 4.91. The van der Waals surface area contributed by atoms with E-state index >= 15 is 0 Å². The van der Waals surface area contributed by atoms with Crippen molar-refractivity contribution in [1.29, 1.82) is 0 Å². The Kier molecular flexibility index (Phi) is 4.56. The molecule has 1 heterocycles. The summed E-state index contributed by atoms with van der Waals surface area (Å²) in [5, 5.41) is 11.1. The van der Waals surface area contributed by atoms with Crippen molar-refractivity contribution in [1.82, 2.24) is 10.0 Å². The van der Waals surface area contributed by atoms with E-state index in [1.807, 2.05) is 0 Å². The van der Waals surface area contributed by atoms with Gasteiger partial charge in [-0.2, -0.15) is 0 Å². The number of nitrogens with one attached hydrogen (secondary N) is 2. The van der Waals surface area contributed by atoms with E-state index in [0.29, 0.717) is 0 Å². The van der Waals surface area contributed by atoms with Gasteiger partial charge in [0.25, 0.3) is 5.91 Å². The standard InChI is InChI=1S/C11H16N2O6S/c1-11(2,13-20(3,17)18)6-12-9(14)7-4-5-8(19-7)10(15)16/h4-5,13H,6H2,1-3H3,(H,12,14)(H,15,16). The van der Waals surface area contributed by atoms with Gasteiger partial charge in [-0.25, -0.2) is 17.9 Å². The first-order valence-corrected chi connectivity index (χ1v) is 7.50. The summed E-state index contributed by atoms with van der Waals surface area (Å²) in [5.41, 5.74) is -0.883. The number of hydrogen-bond acceptors (Lipinski definition) is 5. The number of hydrogen-bond donors (Lipinski definition) is 3. The molecule has 112 valence electrons. The molecule has 0 spiro atoms. The van der Waals surface area contributed by atoms with Crippen LogP contribution in [0.1, 0.15) is 35.0 Å². The second kappa shape index (κ2) is 5.63. The van der Waals surface area contributed by atoms with Crippen molar-refractivity contribution in [3.63, 3.8) is 0 Å². The third-order valence-electron chi connectivity index (χ3n) is 2.19. The molecule has 3 N–H and O–H groups in total. The van der Waals surface area contributed by atoms with Gasteiger partial charge in [0.15, 0.2) is 5.76 Å². The highest BCUT2D eigenvalue weighted by Crippen LogP contribution is 2.08. The lowest BCUT2D eigenvalue weighted by atomic mass is 10.1. The number of sulfonamides is 1. The first-order valence-electron chi connectivity index (χ1n) is 5.60. The van der Waals surface area contributed by atoms with Gasteiger partial charge >= 0.3 is 5.97 Å². The van der Waals surface area contributed by atoms with E-state index in [1.165, 1.54) is 6.07 Å². The van der Waals surface area contributed by atoms with Crippen LogP contribution in [0.5, 0.6) is 0 Å². The van der Waals surface area contributed by atoms with Crippen LogP contribution in [0.4, 0.5) is 0 Å². The van der Waals surface area contributed by atoms with Crippen molar-refractivity contribution in [2.45, 2.75) is 19.4 Å². The molecule has 0 aliphatic carbocycles. The number of aromatic carboxylic acids is 1. The van der Waals surface area contributed by atoms with Gasteiger partial charge in [-0.1, -0.05) is 0 Å². The second-order valence-corrected chi connectivity index (χ2v) is 6.66. The number of rotatable bonds is 6. The Balaban J connectivity index is 2.64. The van der Waals surface area contributed by atoms with Gasteiger partial charge in [-0.3, -0.25) is 4.79 Å². The third kappa shape index (κ3) is 5.02. The van der Waals surface area contributed by atoms with Crippen LogP contribution in [0.25, 0.3) is 0 Å². The Labute approximate surface area is 116 Å². The number of carbonyl (C=O) groups excluding carboxylic acids is 1. The summed E-state index contributed by atoms with van der Waals surface area (Å²) in [6, 6.07) is 2.40. The lowest BCUT2D eigenvalue weighted by Gasteiger charge is -2.24. The number of amides is 1. The fourth-order valence-electron chi connectivity index (χ4n) is 1.50. The van der Waals surface area contributed by atoms with Crippen molar-refractivity contribution in [3.8, 4) is 0 Å². The number of carbonyl (C=O) groups is 2. The molecule has 0 fully saturated rings. The quantitative estimate of drug-likeness (QED) is 0.681. The monoisotopic (exact) mass is 304 g/mol. The zero-order valence-corrected chi connectivity index (χ0v) is 12.1. The lowest BCUT2D eigenvalue weighted by Crippen LogP contribution is -2.50. The van der Waals surface area contributed by atoms with E-state index in [1.54, 1.807) is 13.8 Å². The largest absolute Gasteiger partial charge is 0.475 e. The van der Waals surface area contributed by atoms with Crippen LogP contribution in [0.2, 0.25) is 0 Å². The van der Waals surface area contributed by atoms with Crippen molar-refractivity contribution >= 4 is 21.9 Å². The van der Waals surface area contributed by atoms with Crippen molar-refractivity contribution in [2.24, 2.45) is 0 Å². The van der Waals surface area contributed by atoms with Crippen LogP contribution in [-0.2, 0) is 10.0 Å². The maximum atomic E-state index is 11.7. The SMILES string of the molecule is CC(C)(CNC(=O)c1ccc(C(=O)O)o1)NS(C)(=O)=O. The molecule has 0 aliphatic heterocycles. The van der Waals surface area contributed by atoms with Crippen molar-refractivity contribution in [3.05, 3.63) is 23.7 Å². The average Bonchev–Trinajstić information content (AvgIpc) is 2.71. The van der Waals surface area contributed by atoms with Gasteiger partial charge in [-0.05, 0) is 26.0 Å². The van der Waals surface area contributed by atoms with Gasteiger partial charge < -0.3 is 14.8 Å². The Hall–Kier alpha value is -1.87. The lowest BCUT2D eigenvalue weighted by molar-refractivity contribution is 0.0659.